The van der Waals surface area contributed by atoms with Crippen molar-refractivity contribution >= 4 is 17.3 Å². The van der Waals surface area contributed by atoms with Gasteiger partial charge in [0.05, 0.1) is 11.3 Å². The van der Waals surface area contributed by atoms with Crippen molar-refractivity contribution in [1.29, 1.82) is 0 Å². The van der Waals surface area contributed by atoms with Gasteiger partial charge in [-0.25, -0.2) is 4.79 Å². The molecular formula is C13H11NO3. The summed E-state index contributed by atoms with van der Waals surface area (Å²) in [5.41, 5.74) is 0.955. The van der Waals surface area contributed by atoms with Gasteiger partial charge in [0.15, 0.2) is 0 Å². The highest BCUT2D eigenvalue weighted by atomic mass is 16.4. The van der Waals surface area contributed by atoms with Crippen LogP contribution >= 0.6 is 0 Å². The first kappa shape index (κ1) is 11.0. The summed E-state index contributed by atoms with van der Waals surface area (Å²) < 4.78 is 0. The number of carboxylic acid groups (broad SMARTS) is 1. The third kappa shape index (κ3) is 2.36. The van der Waals surface area contributed by atoms with Crippen molar-refractivity contribution in [3.8, 4) is 5.75 Å². The second-order valence-corrected chi connectivity index (χ2v) is 3.50. The lowest BCUT2D eigenvalue weighted by atomic mass is 10.1. The third-order valence-corrected chi connectivity index (χ3v) is 2.32. The molecular weight excluding hydrogens is 218 g/mol. The summed E-state index contributed by atoms with van der Waals surface area (Å²) in [6.45, 7) is 0. The summed E-state index contributed by atoms with van der Waals surface area (Å²) in [7, 11) is 0. The van der Waals surface area contributed by atoms with E-state index in [1.165, 1.54) is 18.2 Å². The Morgan fingerprint density at radius 2 is 1.71 bits per heavy atom. The SMILES string of the molecule is O=C(O)c1cccc(O)c1Nc1ccccc1. The average molecular weight is 229 g/mol. The zero-order chi connectivity index (χ0) is 12.3. The standard InChI is InChI=1S/C13H11NO3/c15-11-8-4-7-10(13(16)17)12(11)14-9-5-2-1-3-6-9/h1-8,14-15H,(H,16,17). The van der Waals surface area contributed by atoms with Crippen LogP contribution in [0.5, 0.6) is 5.75 Å². The van der Waals surface area contributed by atoms with Gasteiger partial charge in [0.1, 0.15) is 5.75 Å². The number of hydrogen-bond acceptors (Lipinski definition) is 3. The fraction of sp³-hybridized carbons (Fsp3) is 0. The van der Waals surface area contributed by atoms with Crippen LogP contribution in [0.1, 0.15) is 10.4 Å². The molecule has 0 aliphatic rings. The van der Waals surface area contributed by atoms with E-state index < -0.39 is 5.97 Å². The molecule has 17 heavy (non-hydrogen) atoms. The van der Waals surface area contributed by atoms with Gasteiger partial charge in [-0.2, -0.15) is 0 Å². The topological polar surface area (TPSA) is 69.6 Å². The van der Waals surface area contributed by atoms with Crippen LogP contribution in [0.2, 0.25) is 0 Å². The van der Waals surface area contributed by atoms with Crippen LogP contribution in [0.15, 0.2) is 48.5 Å². The Hall–Kier alpha value is -2.49. The largest absolute Gasteiger partial charge is 0.506 e. The lowest BCUT2D eigenvalue weighted by molar-refractivity contribution is 0.0697. The number of phenolic OH excluding ortho intramolecular Hbond substituents is 1. The molecule has 0 aliphatic carbocycles. The summed E-state index contributed by atoms with van der Waals surface area (Å²) in [6, 6.07) is 13.5. The Morgan fingerprint density at radius 3 is 2.35 bits per heavy atom. The first-order valence-corrected chi connectivity index (χ1v) is 5.06. The van der Waals surface area contributed by atoms with Crippen molar-refractivity contribution in [1.82, 2.24) is 0 Å². The van der Waals surface area contributed by atoms with Gasteiger partial charge in [-0.3, -0.25) is 0 Å². The first-order valence-electron chi connectivity index (χ1n) is 5.06. The maximum absolute atomic E-state index is 11.0. The number of phenols is 1. The maximum atomic E-state index is 11.0. The number of aromatic carboxylic acids is 1. The molecule has 0 atom stereocenters. The van der Waals surface area contributed by atoms with Crippen LogP contribution < -0.4 is 5.32 Å². The van der Waals surface area contributed by atoms with E-state index in [4.69, 9.17) is 5.11 Å². The lowest BCUT2D eigenvalue weighted by Gasteiger charge is -2.11. The van der Waals surface area contributed by atoms with Gasteiger partial charge in [0.25, 0.3) is 0 Å². The highest BCUT2D eigenvalue weighted by Crippen LogP contribution is 2.30. The van der Waals surface area contributed by atoms with E-state index in [1.54, 1.807) is 12.1 Å². The van der Waals surface area contributed by atoms with Crippen molar-refractivity contribution in [2.75, 3.05) is 5.32 Å². The Labute approximate surface area is 98.2 Å². The number of benzene rings is 2. The minimum atomic E-state index is -1.08. The molecule has 0 saturated carbocycles. The molecule has 0 fully saturated rings. The predicted molar refractivity (Wildman–Crippen MR) is 64.8 cm³/mol. The van der Waals surface area contributed by atoms with Gasteiger partial charge in [-0.05, 0) is 24.3 Å². The first-order chi connectivity index (χ1) is 8.18. The normalized spacial score (nSPS) is 9.88. The molecule has 0 bridgehead atoms. The fourth-order valence-electron chi connectivity index (χ4n) is 1.52. The van der Waals surface area contributed by atoms with Crippen molar-refractivity contribution in [2.24, 2.45) is 0 Å². The number of carbonyl (C=O) groups is 1. The highest BCUT2D eigenvalue weighted by Gasteiger charge is 2.13. The van der Waals surface area contributed by atoms with Gasteiger partial charge in [-0.1, -0.05) is 24.3 Å². The number of nitrogens with one attached hydrogen (secondary N) is 1. The van der Waals surface area contributed by atoms with Crippen LogP contribution in [-0.2, 0) is 0 Å². The summed E-state index contributed by atoms with van der Waals surface area (Å²) >= 11 is 0. The van der Waals surface area contributed by atoms with Gasteiger partial charge in [0.2, 0.25) is 0 Å². The Balaban J connectivity index is 2.41. The van der Waals surface area contributed by atoms with Crippen molar-refractivity contribution in [3.63, 3.8) is 0 Å². The molecule has 0 aromatic heterocycles. The average Bonchev–Trinajstić information content (AvgIpc) is 2.33. The van der Waals surface area contributed by atoms with Crippen LogP contribution in [0.4, 0.5) is 11.4 Å². The van der Waals surface area contributed by atoms with Crippen LogP contribution in [0.3, 0.4) is 0 Å². The molecule has 2 rings (SSSR count). The highest BCUT2D eigenvalue weighted by molar-refractivity contribution is 5.96. The molecule has 3 N–H and O–H groups in total. The molecule has 0 saturated heterocycles. The summed E-state index contributed by atoms with van der Waals surface area (Å²) in [6.07, 6.45) is 0. The number of rotatable bonds is 3. The van der Waals surface area contributed by atoms with Gasteiger partial charge in [-0.15, -0.1) is 0 Å². The Morgan fingerprint density at radius 1 is 1.00 bits per heavy atom. The van der Waals surface area contributed by atoms with Crippen LogP contribution in [-0.4, -0.2) is 16.2 Å². The maximum Gasteiger partial charge on any atom is 0.337 e. The van der Waals surface area contributed by atoms with E-state index in [2.05, 4.69) is 5.32 Å². The van der Waals surface area contributed by atoms with E-state index in [9.17, 15) is 9.90 Å². The van der Waals surface area contributed by atoms with Gasteiger partial charge < -0.3 is 15.5 Å². The molecule has 4 heteroatoms. The number of anilines is 2. The van der Waals surface area contributed by atoms with Crippen molar-refractivity contribution in [3.05, 3.63) is 54.1 Å². The molecule has 86 valence electrons. The zero-order valence-electron chi connectivity index (χ0n) is 8.92. The van der Waals surface area contributed by atoms with Crippen molar-refractivity contribution in [2.45, 2.75) is 0 Å². The van der Waals surface area contributed by atoms with E-state index in [1.807, 2.05) is 18.2 Å². The molecule has 0 spiro atoms. The smallest absolute Gasteiger partial charge is 0.337 e. The Kier molecular flexibility index (Phi) is 2.96. The number of carboxylic acids is 1. The molecule has 0 unspecified atom stereocenters. The zero-order valence-corrected chi connectivity index (χ0v) is 8.92. The predicted octanol–water partition coefficient (Wildman–Crippen LogP) is 2.83. The number of para-hydroxylation sites is 2. The molecule has 0 radical (unpaired) electrons. The number of aromatic hydroxyl groups is 1. The fourth-order valence-corrected chi connectivity index (χ4v) is 1.52. The number of hydrogen-bond donors (Lipinski definition) is 3. The van der Waals surface area contributed by atoms with Gasteiger partial charge >= 0.3 is 5.97 Å². The summed E-state index contributed by atoms with van der Waals surface area (Å²) in [4.78, 5) is 11.0. The summed E-state index contributed by atoms with van der Waals surface area (Å²) in [5, 5.41) is 21.6. The minimum absolute atomic E-state index is 0.0360. The minimum Gasteiger partial charge on any atom is -0.506 e. The second kappa shape index (κ2) is 4.57. The molecule has 2 aromatic rings. The molecule has 0 amide bonds. The van der Waals surface area contributed by atoms with E-state index >= 15 is 0 Å². The third-order valence-electron chi connectivity index (χ3n) is 2.32. The molecule has 0 aliphatic heterocycles. The van der Waals surface area contributed by atoms with Crippen molar-refractivity contribution < 1.29 is 15.0 Å². The molecule has 0 heterocycles. The molecule has 2 aromatic carbocycles. The van der Waals surface area contributed by atoms with E-state index in [0.29, 0.717) is 0 Å². The van der Waals surface area contributed by atoms with Crippen LogP contribution in [0, 0.1) is 0 Å². The Bertz CT molecular complexity index is 538. The summed E-state index contributed by atoms with van der Waals surface area (Å²) in [5.74, 6) is -1.17. The van der Waals surface area contributed by atoms with E-state index in [-0.39, 0.29) is 17.0 Å². The van der Waals surface area contributed by atoms with Gasteiger partial charge in [0, 0.05) is 5.69 Å². The second-order valence-electron chi connectivity index (χ2n) is 3.50. The monoisotopic (exact) mass is 229 g/mol. The quantitative estimate of drug-likeness (QED) is 0.708. The van der Waals surface area contributed by atoms with Crippen LogP contribution in [0.25, 0.3) is 0 Å². The molecule has 4 nitrogen and oxygen atoms in total. The lowest BCUT2D eigenvalue weighted by Crippen LogP contribution is -2.02. The van der Waals surface area contributed by atoms with E-state index in [0.717, 1.165) is 5.69 Å².